The fourth-order valence-electron chi connectivity index (χ4n) is 2.05. The number of rotatable bonds is 8. The van der Waals surface area contributed by atoms with Crippen molar-refractivity contribution in [2.45, 2.75) is 40.2 Å². The predicted molar refractivity (Wildman–Crippen MR) is 87.9 cm³/mol. The molecule has 1 heterocycles. The number of carbonyl (C=O) groups excluding carboxylic acids is 1. The highest BCUT2D eigenvalue weighted by Gasteiger charge is 2.10. The molecule has 0 aliphatic rings. The fourth-order valence-corrected chi connectivity index (χ4v) is 2.05. The standard InChI is InChI=1S/C16H28N4O/c1-6-13(4)20(5)9-8-18-16(21)14-10-12(3)19-15(11-14)17-7-2/h10-11,13H,6-9H2,1-5H3,(H,17,19)(H,18,21). The second kappa shape index (κ2) is 8.62. The molecule has 0 fully saturated rings. The quantitative estimate of drug-likeness (QED) is 0.772. The zero-order chi connectivity index (χ0) is 15.8. The Labute approximate surface area is 128 Å². The van der Waals surface area contributed by atoms with E-state index in [2.05, 4.69) is 41.4 Å². The summed E-state index contributed by atoms with van der Waals surface area (Å²) in [6, 6.07) is 4.14. The van der Waals surface area contributed by atoms with Gasteiger partial charge in [-0.15, -0.1) is 0 Å². The molecule has 1 rings (SSSR count). The van der Waals surface area contributed by atoms with E-state index in [1.165, 1.54) is 0 Å². The molecule has 0 saturated carbocycles. The van der Waals surface area contributed by atoms with Crippen LogP contribution in [0.5, 0.6) is 0 Å². The number of carbonyl (C=O) groups is 1. The smallest absolute Gasteiger partial charge is 0.251 e. The van der Waals surface area contributed by atoms with E-state index in [1.54, 1.807) is 6.07 Å². The zero-order valence-electron chi connectivity index (χ0n) is 13.9. The Morgan fingerprint density at radius 3 is 2.71 bits per heavy atom. The van der Waals surface area contributed by atoms with Gasteiger partial charge in [-0.2, -0.15) is 0 Å². The molecule has 0 spiro atoms. The molecule has 118 valence electrons. The predicted octanol–water partition coefficient (Wildman–Crippen LogP) is 2.28. The summed E-state index contributed by atoms with van der Waals surface area (Å²) >= 11 is 0. The molecule has 5 nitrogen and oxygen atoms in total. The van der Waals surface area contributed by atoms with Crippen molar-refractivity contribution in [3.05, 3.63) is 23.4 Å². The van der Waals surface area contributed by atoms with Crippen molar-refractivity contribution < 1.29 is 4.79 Å². The molecular formula is C16H28N4O. The number of hydrogen-bond acceptors (Lipinski definition) is 4. The Balaban J connectivity index is 2.55. The van der Waals surface area contributed by atoms with Crippen LogP contribution in [0.2, 0.25) is 0 Å². The lowest BCUT2D eigenvalue weighted by molar-refractivity contribution is 0.0947. The summed E-state index contributed by atoms with van der Waals surface area (Å²) < 4.78 is 0. The van der Waals surface area contributed by atoms with Crippen molar-refractivity contribution in [2.75, 3.05) is 32.0 Å². The number of nitrogens with one attached hydrogen (secondary N) is 2. The number of pyridine rings is 1. The summed E-state index contributed by atoms with van der Waals surface area (Å²) in [4.78, 5) is 18.8. The van der Waals surface area contributed by atoms with Crippen LogP contribution in [-0.2, 0) is 0 Å². The molecule has 0 saturated heterocycles. The van der Waals surface area contributed by atoms with Gasteiger partial charge < -0.3 is 15.5 Å². The lowest BCUT2D eigenvalue weighted by atomic mass is 10.2. The van der Waals surface area contributed by atoms with Crippen LogP contribution < -0.4 is 10.6 Å². The maximum absolute atomic E-state index is 12.2. The number of likely N-dealkylation sites (N-methyl/N-ethyl adjacent to an activating group) is 1. The van der Waals surface area contributed by atoms with E-state index in [4.69, 9.17) is 0 Å². The summed E-state index contributed by atoms with van der Waals surface area (Å²) in [7, 11) is 2.08. The van der Waals surface area contributed by atoms with Gasteiger partial charge in [0.25, 0.3) is 5.91 Å². The molecular weight excluding hydrogens is 264 g/mol. The molecule has 0 aliphatic heterocycles. The van der Waals surface area contributed by atoms with Gasteiger partial charge in [-0.1, -0.05) is 6.92 Å². The minimum Gasteiger partial charge on any atom is -0.370 e. The van der Waals surface area contributed by atoms with Gasteiger partial charge in [-0.25, -0.2) is 4.98 Å². The number of hydrogen-bond donors (Lipinski definition) is 2. The van der Waals surface area contributed by atoms with Crippen molar-refractivity contribution in [1.82, 2.24) is 15.2 Å². The van der Waals surface area contributed by atoms with E-state index in [0.717, 1.165) is 31.0 Å². The summed E-state index contributed by atoms with van der Waals surface area (Å²) in [5.41, 5.74) is 1.50. The Kier molecular flexibility index (Phi) is 7.15. The summed E-state index contributed by atoms with van der Waals surface area (Å²) in [5, 5.41) is 6.11. The van der Waals surface area contributed by atoms with Gasteiger partial charge in [0, 0.05) is 36.9 Å². The average Bonchev–Trinajstić information content (AvgIpc) is 2.45. The first-order chi connectivity index (χ1) is 9.97. The normalized spacial score (nSPS) is 12.3. The summed E-state index contributed by atoms with van der Waals surface area (Å²) in [6.45, 7) is 10.6. The molecule has 1 aromatic heterocycles. The van der Waals surface area contributed by atoms with Crippen molar-refractivity contribution >= 4 is 11.7 Å². The number of aromatic nitrogens is 1. The SMILES string of the molecule is CCNc1cc(C(=O)NCCN(C)C(C)CC)cc(C)n1. The second-order valence-corrected chi connectivity index (χ2v) is 5.41. The van der Waals surface area contributed by atoms with Crippen molar-refractivity contribution in [3.8, 4) is 0 Å². The number of aryl methyl sites for hydroxylation is 1. The van der Waals surface area contributed by atoms with Gasteiger partial charge in [-0.05, 0) is 46.4 Å². The van der Waals surface area contributed by atoms with E-state index >= 15 is 0 Å². The highest BCUT2D eigenvalue weighted by atomic mass is 16.1. The molecule has 1 aromatic rings. The monoisotopic (exact) mass is 292 g/mol. The molecule has 2 N–H and O–H groups in total. The molecule has 1 amide bonds. The minimum absolute atomic E-state index is 0.0443. The minimum atomic E-state index is -0.0443. The third-order valence-corrected chi connectivity index (χ3v) is 3.67. The van der Waals surface area contributed by atoms with E-state index in [-0.39, 0.29) is 5.91 Å². The molecule has 1 atom stereocenters. The average molecular weight is 292 g/mol. The maximum Gasteiger partial charge on any atom is 0.251 e. The van der Waals surface area contributed by atoms with E-state index < -0.39 is 0 Å². The Hall–Kier alpha value is -1.62. The van der Waals surface area contributed by atoms with Crippen LogP contribution in [0.4, 0.5) is 5.82 Å². The van der Waals surface area contributed by atoms with Gasteiger partial charge >= 0.3 is 0 Å². The summed E-state index contributed by atoms with van der Waals surface area (Å²) in [5.74, 6) is 0.705. The first kappa shape index (κ1) is 17.4. The van der Waals surface area contributed by atoms with E-state index in [9.17, 15) is 4.79 Å². The lowest BCUT2D eigenvalue weighted by Crippen LogP contribution is -2.37. The van der Waals surface area contributed by atoms with Crippen LogP contribution in [0.15, 0.2) is 12.1 Å². The van der Waals surface area contributed by atoms with Gasteiger partial charge in [0.15, 0.2) is 0 Å². The van der Waals surface area contributed by atoms with Crippen molar-refractivity contribution in [3.63, 3.8) is 0 Å². The highest BCUT2D eigenvalue weighted by molar-refractivity contribution is 5.95. The molecule has 0 aliphatic carbocycles. The van der Waals surface area contributed by atoms with E-state index in [0.29, 0.717) is 18.2 Å². The summed E-state index contributed by atoms with van der Waals surface area (Å²) in [6.07, 6.45) is 1.11. The second-order valence-electron chi connectivity index (χ2n) is 5.41. The molecule has 0 aromatic carbocycles. The van der Waals surface area contributed by atoms with Gasteiger partial charge in [0.1, 0.15) is 5.82 Å². The van der Waals surface area contributed by atoms with Crippen LogP contribution in [0, 0.1) is 6.92 Å². The van der Waals surface area contributed by atoms with Gasteiger partial charge in [-0.3, -0.25) is 4.79 Å². The Morgan fingerprint density at radius 1 is 1.38 bits per heavy atom. The first-order valence-corrected chi connectivity index (χ1v) is 7.68. The highest BCUT2D eigenvalue weighted by Crippen LogP contribution is 2.10. The third-order valence-electron chi connectivity index (χ3n) is 3.67. The van der Waals surface area contributed by atoms with Gasteiger partial charge in [0.2, 0.25) is 0 Å². The third kappa shape index (κ3) is 5.71. The van der Waals surface area contributed by atoms with Crippen LogP contribution in [0.1, 0.15) is 43.2 Å². The van der Waals surface area contributed by atoms with Crippen molar-refractivity contribution in [2.24, 2.45) is 0 Å². The topological polar surface area (TPSA) is 57.3 Å². The lowest BCUT2D eigenvalue weighted by Gasteiger charge is -2.23. The van der Waals surface area contributed by atoms with Crippen LogP contribution >= 0.6 is 0 Å². The van der Waals surface area contributed by atoms with Crippen LogP contribution in [-0.4, -0.2) is 48.5 Å². The molecule has 1 unspecified atom stereocenters. The number of anilines is 1. The molecule has 0 bridgehead atoms. The maximum atomic E-state index is 12.2. The Morgan fingerprint density at radius 2 is 2.10 bits per heavy atom. The Bertz CT molecular complexity index is 462. The fraction of sp³-hybridized carbons (Fsp3) is 0.625. The van der Waals surface area contributed by atoms with E-state index in [1.807, 2.05) is 19.9 Å². The first-order valence-electron chi connectivity index (χ1n) is 7.68. The zero-order valence-corrected chi connectivity index (χ0v) is 13.9. The molecule has 5 heteroatoms. The van der Waals surface area contributed by atoms with Crippen LogP contribution in [0.25, 0.3) is 0 Å². The number of nitrogens with zero attached hydrogens (tertiary/aromatic N) is 2. The molecule has 0 radical (unpaired) electrons. The van der Waals surface area contributed by atoms with Gasteiger partial charge in [0.05, 0.1) is 0 Å². The number of amides is 1. The largest absolute Gasteiger partial charge is 0.370 e. The van der Waals surface area contributed by atoms with Crippen LogP contribution in [0.3, 0.4) is 0 Å². The van der Waals surface area contributed by atoms with Crippen molar-refractivity contribution in [1.29, 1.82) is 0 Å². The molecule has 21 heavy (non-hydrogen) atoms.